The molecule has 0 spiro atoms. The quantitative estimate of drug-likeness (QED) is 0.581. The van der Waals surface area contributed by atoms with Crippen molar-refractivity contribution in [2.45, 2.75) is 13.1 Å². The zero-order valence-corrected chi connectivity index (χ0v) is 12.4. The molecule has 7 heteroatoms. The Morgan fingerprint density at radius 1 is 1.27 bits per heavy atom. The minimum atomic E-state index is -0.413. The molecule has 6 nitrogen and oxygen atoms in total. The van der Waals surface area contributed by atoms with Gasteiger partial charge in [-0.3, -0.25) is 14.9 Å². The molecule has 0 aliphatic rings. The molecule has 0 saturated heterocycles. The van der Waals surface area contributed by atoms with E-state index in [1.54, 1.807) is 40.3 Å². The number of hydrogen-bond acceptors (Lipinski definition) is 4. The summed E-state index contributed by atoms with van der Waals surface area (Å²) in [5.74, 6) is -0.127. The van der Waals surface area contributed by atoms with Gasteiger partial charge in [-0.25, -0.2) is 0 Å². The van der Waals surface area contributed by atoms with E-state index in [1.807, 2.05) is 17.5 Å². The van der Waals surface area contributed by atoms with E-state index in [2.05, 4.69) is 5.32 Å². The highest BCUT2D eigenvalue weighted by Crippen LogP contribution is 2.26. The summed E-state index contributed by atoms with van der Waals surface area (Å²) in [4.78, 5) is 23.7. The number of nitro benzene ring substituents is 1. The van der Waals surface area contributed by atoms with Crippen LogP contribution in [0.25, 0.3) is 10.9 Å². The van der Waals surface area contributed by atoms with Crippen LogP contribution in [0.4, 0.5) is 5.69 Å². The number of nitrogens with one attached hydrogen (secondary N) is 1. The van der Waals surface area contributed by atoms with Crippen molar-refractivity contribution < 1.29 is 9.72 Å². The maximum atomic E-state index is 12.0. The van der Waals surface area contributed by atoms with Crippen LogP contribution in [0.2, 0.25) is 0 Å². The molecule has 1 amide bonds. The molecule has 3 aromatic rings. The number of aromatic nitrogens is 1. The van der Waals surface area contributed by atoms with Crippen LogP contribution in [0.1, 0.15) is 4.88 Å². The Hall–Kier alpha value is -2.67. The molecular weight excluding hydrogens is 302 g/mol. The van der Waals surface area contributed by atoms with Crippen LogP contribution in [0.5, 0.6) is 0 Å². The molecule has 112 valence electrons. The standard InChI is InChI=1S/C15H13N3O3S/c19-15(16-9-11-3-2-8-22-11)10-17-7-6-12-13(17)4-1-5-14(12)18(20)21/h1-8H,9-10H2,(H,16,19). The molecule has 0 unspecified atom stereocenters. The lowest BCUT2D eigenvalue weighted by atomic mass is 10.2. The molecule has 1 N–H and O–H groups in total. The molecule has 0 radical (unpaired) electrons. The predicted molar refractivity (Wildman–Crippen MR) is 84.8 cm³/mol. The van der Waals surface area contributed by atoms with Gasteiger partial charge in [-0.15, -0.1) is 11.3 Å². The number of fused-ring (bicyclic) bond motifs is 1. The molecule has 0 saturated carbocycles. The Balaban J connectivity index is 1.75. The second-order valence-electron chi connectivity index (χ2n) is 4.77. The highest BCUT2D eigenvalue weighted by molar-refractivity contribution is 7.09. The maximum absolute atomic E-state index is 12.0. The fourth-order valence-corrected chi connectivity index (χ4v) is 2.96. The van der Waals surface area contributed by atoms with E-state index >= 15 is 0 Å². The number of benzene rings is 1. The van der Waals surface area contributed by atoms with Crippen LogP contribution in [-0.2, 0) is 17.9 Å². The summed E-state index contributed by atoms with van der Waals surface area (Å²) in [6.07, 6.45) is 1.70. The number of hydrogen-bond donors (Lipinski definition) is 1. The smallest absolute Gasteiger partial charge is 0.278 e. The van der Waals surface area contributed by atoms with E-state index in [-0.39, 0.29) is 18.1 Å². The average molecular weight is 315 g/mol. The summed E-state index contributed by atoms with van der Waals surface area (Å²) in [5.41, 5.74) is 0.732. The number of non-ortho nitro benzene ring substituents is 1. The normalized spacial score (nSPS) is 10.7. The Morgan fingerprint density at radius 3 is 2.86 bits per heavy atom. The third-order valence-electron chi connectivity index (χ3n) is 3.34. The fraction of sp³-hybridized carbons (Fsp3) is 0.133. The second-order valence-corrected chi connectivity index (χ2v) is 5.80. The maximum Gasteiger partial charge on any atom is 0.278 e. The molecule has 0 aliphatic carbocycles. The lowest BCUT2D eigenvalue weighted by molar-refractivity contribution is -0.383. The highest BCUT2D eigenvalue weighted by Gasteiger charge is 2.14. The fourth-order valence-electron chi connectivity index (χ4n) is 2.31. The lowest BCUT2D eigenvalue weighted by Crippen LogP contribution is -2.26. The van der Waals surface area contributed by atoms with Gasteiger partial charge in [0.05, 0.1) is 22.4 Å². The van der Waals surface area contributed by atoms with Gasteiger partial charge < -0.3 is 9.88 Å². The Morgan fingerprint density at radius 2 is 2.14 bits per heavy atom. The van der Waals surface area contributed by atoms with Crippen LogP contribution in [0.3, 0.4) is 0 Å². The first kappa shape index (κ1) is 14.3. The van der Waals surface area contributed by atoms with Crippen molar-refractivity contribution in [3.8, 4) is 0 Å². The molecule has 3 rings (SSSR count). The SMILES string of the molecule is O=C(Cn1ccc2c([N+](=O)[O-])cccc21)NCc1cccs1. The number of amides is 1. The van der Waals surface area contributed by atoms with Crippen molar-refractivity contribution in [3.05, 3.63) is 63.0 Å². The summed E-state index contributed by atoms with van der Waals surface area (Å²) in [7, 11) is 0. The first-order valence-corrected chi connectivity index (χ1v) is 7.54. The minimum absolute atomic E-state index is 0.0512. The number of thiophene rings is 1. The van der Waals surface area contributed by atoms with Gasteiger partial charge in [-0.2, -0.15) is 0 Å². The van der Waals surface area contributed by atoms with Gasteiger partial charge in [0, 0.05) is 17.1 Å². The van der Waals surface area contributed by atoms with Gasteiger partial charge in [0.15, 0.2) is 0 Å². The third kappa shape index (κ3) is 2.84. The molecule has 2 heterocycles. The van der Waals surface area contributed by atoms with E-state index in [4.69, 9.17) is 0 Å². The van der Waals surface area contributed by atoms with Crippen molar-refractivity contribution in [2.75, 3.05) is 0 Å². The van der Waals surface area contributed by atoms with Crippen molar-refractivity contribution >= 4 is 33.8 Å². The first-order valence-electron chi connectivity index (χ1n) is 6.66. The molecular formula is C15H13N3O3S. The average Bonchev–Trinajstić information content (AvgIpc) is 3.15. The summed E-state index contributed by atoms with van der Waals surface area (Å²) < 4.78 is 1.71. The van der Waals surface area contributed by atoms with Gasteiger partial charge in [-0.1, -0.05) is 12.1 Å². The molecule has 22 heavy (non-hydrogen) atoms. The van der Waals surface area contributed by atoms with Crippen LogP contribution in [0, 0.1) is 10.1 Å². The van der Waals surface area contributed by atoms with Gasteiger partial charge >= 0.3 is 0 Å². The van der Waals surface area contributed by atoms with E-state index in [9.17, 15) is 14.9 Å². The third-order valence-corrected chi connectivity index (χ3v) is 4.22. The van der Waals surface area contributed by atoms with Crippen molar-refractivity contribution in [3.63, 3.8) is 0 Å². The van der Waals surface area contributed by atoms with Crippen LogP contribution in [0.15, 0.2) is 48.0 Å². The number of nitro groups is 1. The first-order chi connectivity index (χ1) is 10.6. The van der Waals surface area contributed by atoms with Crippen LogP contribution in [-0.4, -0.2) is 15.4 Å². The summed E-state index contributed by atoms with van der Waals surface area (Å²) in [6.45, 7) is 0.631. The number of carbonyl (C=O) groups excluding carboxylic acids is 1. The van der Waals surface area contributed by atoms with Gasteiger partial charge in [0.2, 0.25) is 5.91 Å². The van der Waals surface area contributed by atoms with Gasteiger partial charge in [-0.05, 0) is 23.6 Å². The van der Waals surface area contributed by atoms with Crippen LogP contribution < -0.4 is 5.32 Å². The zero-order valence-electron chi connectivity index (χ0n) is 11.6. The summed E-state index contributed by atoms with van der Waals surface area (Å²) >= 11 is 1.58. The van der Waals surface area contributed by atoms with Gasteiger partial charge in [0.25, 0.3) is 5.69 Å². The van der Waals surface area contributed by atoms with E-state index in [1.165, 1.54) is 6.07 Å². The Labute approximate surface area is 130 Å². The summed E-state index contributed by atoms with van der Waals surface area (Å²) in [5, 5.41) is 16.3. The monoisotopic (exact) mass is 315 g/mol. The minimum Gasteiger partial charge on any atom is -0.350 e. The summed E-state index contributed by atoms with van der Waals surface area (Å²) in [6, 6.07) is 10.4. The Bertz CT molecular complexity index is 824. The number of carbonyl (C=O) groups is 1. The van der Waals surface area contributed by atoms with Crippen LogP contribution >= 0.6 is 11.3 Å². The lowest BCUT2D eigenvalue weighted by Gasteiger charge is -2.06. The van der Waals surface area contributed by atoms with E-state index < -0.39 is 4.92 Å². The number of rotatable bonds is 5. The molecule has 0 aliphatic heterocycles. The second kappa shape index (κ2) is 5.98. The molecule has 1 aromatic carbocycles. The molecule has 2 aromatic heterocycles. The Kier molecular flexibility index (Phi) is 3.88. The molecule has 0 fully saturated rings. The number of nitrogens with zero attached hydrogens (tertiary/aromatic N) is 2. The van der Waals surface area contributed by atoms with Gasteiger partial charge in [0.1, 0.15) is 6.54 Å². The highest BCUT2D eigenvalue weighted by atomic mass is 32.1. The van der Waals surface area contributed by atoms with E-state index in [0.717, 1.165) is 4.88 Å². The van der Waals surface area contributed by atoms with Crippen molar-refractivity contribution in [1.29, 1.82) is 0 Å². The zero-order chi connectivity index (χ0) is 15.5. The van der Waals surface area contributed by atoms with Crippen molar-refractivity contribution in [1.82, 2.24) is 9.88 Å². The molecule has 0 bridgehead atoms. The largest absolute Gasteiger partial charge is 0.350 e. The van der Waals surface area contributed by atoms with Crippen molar-refractivity contribution in [2.24, 2.45) is 0 Å². The topological polar surface area (TPSA) is 77.2 Å². The molecule has 0 atom stereocenters. The predicted octanol–water partition coefficient (Wildman–Crippen LogP) is 2.93. The van der Waals surface area contributed by atoms with E-state index in [0.29, 0.717) is 17.4 Å².